The van der Waals surface area contributed by atoms with Crippen molar-refractivity contribution in [2.45, 2.75) is 13.8 Å². The van der Waals surface area contributed by atoms with Gasteiger partial charge < -0.3 is 15.4 Å². The molecule has 3 aromatic rings. The number of amides is 3. The molecular formula is C29H31ClN4O4. The van der Waals surface area contributed by atoms with Crippen LogP contribution in [0.5, 0.6) is 0 Å². The zero-order valence-electron chi connectivity index (χ0n) is 21.5. The Bertz CT molecular complexity index is 1290. The van der Waals surface area contributed by atoms with Gasteiger partial charge in [-0.2, -0.15) is 0 Å². The molecule has 38 heavy (non-hydrogen) atoms. The van der Waals surface area contributed by atoms with Gasteiger partial charge in [0.2, 0.25) is 0 Å². The lowest BCUT2D eigenvalue weighted by atomic mass is 10.1. The second-order valence-electron chi connectivity index (χ2n) is 9.13. The number of nitrogens with zero attached hydrogens (tertiary/aromatic N) is 2. The van der Waals surface area contributed by atoms with Crippen molar-refractivity contribution in [3.05, 3.63) is 88.4 Å². The van der Waals surface area contributed by atoms with Gasteiger partial charge in [-0.25, -0.2) is 4.79 Å². The van der Waals surface area contributed by atoms with Gasteiger partial charge in [0.25, 0.3) is 5.91 Å². The number of anilines is 3. The number of aryl methyl sites for hydroxylation is 1. The fourth-order valence-electron chi connectivity index (χ4n) is 4.21. The Hall–Kier alpha value is -3.72. The maximum atomic E-state index is 13.4. The number of urea groups is 1. The average molecular weight is 535 g/mol. The van der Waals surface area contributed by atoms with Crippen LogP contribution < -0.4 is 15.5 Å². The first-order valence-corrected chi connectivity index (χ1v) is 12.8. The van der Waals surface area contributed by atoms with E-state index in [1.165, 1.54) is 6.92 Å². The topological polar surface area (TPSA) is 91.0 Å². The van der Waals surface area contributed by atoms with Crippen molar-refractivity contribution in [1.82, 2.24) is 4.90 Å². The van der Waals surface area contributed by atoms with E-state index in [9.17, 15) is 14.4 Å². The van der Waals surface area contributed by atoms with Crippen molar-refractivity contribution in [2.24, 2.45) is 0 Å². The molecule has 3 aromatic carbocycles. The number of ether oxygens (including phenoxy) is 1. The molecule has 0 aliphatic carbocycles. The van der Waals surface area contributed by atoms with E-state index in [-0.39, 0.29) is 17.7 Å². The summed E-state index contributed by atoms with van der Waals surface area (Å²) in [5.41, 5.74) is 3.78. The summed E-state index contributed by atoms with van der Waals surface area (Å²) in [5, 5.41) is 6.39. The van der Waals surface area contributed by atoms with Gasteiger partial charge in [0.1, 0.15) is 0 Å². The Kier molecular flexibility index (Phi) is 9.12. The number of hydrogen-bond donors (Lipinski definition) is 2. The molecule has 1 aliphatic rings. The third-order valence-corrected chi connectivity index (χ3v) is 6.64. The molecule has 0 radical (unpaired) electrons. The van der Waals surface area contributed by atoms with E-state index in [0.717, 1.165) is 18.7 Å². The maximum Gasteiger partial charge on any atom is 0.326 e. The minimum atomic E-state index is -0.277. The van der Waals surface area contributed by atoms with E-state index in [1.807, 2.05) is 6.92 Å². The van der Waals surface area contributed by atoms with Gasteiger partial charge in [0.15, 0.2) is 5.78 Å². The molecule has 1 saturated heterocycles. The van der Waals surface area contributed by atoms with Gasteiger partial charge in [-0.05, 0) is 86.1 Å². The highest BCUT2D eigenvalue weighted by atomic mass is 35.5. The predicted molar refractivity (Wildman–Crippen MR) is 151 cm³/mol. The minimum absolute atomic E-state index is 0.0348. The summed E-state index contributed by atoms with van der Waals surface area (Å²) in [6.45, 7) is 7.53. The molecule has 1 heterocycles. The quantitative estimate of drug-likeness (QED) is 0.374. The van der Waals surface area contributed by atoms with Crippen LogP contribution in [0.2, 0.25) is 5.02 Å². The van der Waals surface area contributed by atoms with Crippen LogP contribution in [0.15, 0.2) is 66.7 Å². The normalized spacial score (nSPS) is 13.6. The van der Waals surface area contributed by atoms with Crippen molar-refractivity contribution in [1.29, 1.82) is 0 Å². The molecule has 0 saturated carbocycles. The molecule has 1 fully saturated rings. The molecule has 1 aliphatic heterocycles. The number of benzene rings is 3. The Morgan fingerprint density at radius 1 is 0.895 bits per heavy atom. The molecule has 0 aromatic heterocycles. The van der Waals surface area contributed by atoms with Crippen LogP contribution in [-0.4, -0.2) is 62.0 Å². The van der Waals surface area contributed by atoms with Crippen LogP contribution in [0, 0.1) is 6.92 Å². The average Bonchev–Trinajstić information content (AvgIpc) is 2.91. The summed E-state index contributed by atoms with van der Waals surface area (Å²) in [6.07, 6.45) is 0. The second-order valence-corrected chi connectivity index (χ2v) is 9.57. The molecule has 0 unspecified atom stereocenters. The number of carbonyl (C=O) groups is 3. The first-order chi connectivity index (χ1) is 18.3. The van der Waals surface area contributed by atoms with Gasteiger partial charge in [0, 0.05) is 59.4 Å². The van der Waals surface area contributed by atoms with Crippen molar-refractivity contribution in [3.8, 4) is 0 Å². The number of hydrogen-bond acceptors (Lipinski definition) is 5. The fraction of sp³-hybridized carbons (Fsp3) is 0.276. The zero-order valence-corrected chi connectivity index (χ0v) is 22.3. The van der Waals surface area contributed by atoms with Crippen molar-refractivity contribution < 1.29 is 19.1 Å². The van der Waals surface area contributed by atoms with E-state index >= 15 is 0 Å². The summed E-state index contributed by atoms with van der Waals surface area (Å²) < 4.78 is 5.44. The molecule has 2 N–H and O–H groups in total. The summed E-state index contributed by atoms with van der Waals surface area (Å²) >= 11 is 5.99. The number of ketones is 1. The lowest BCUT2D eigenvalue weighted by Crippen LogP contribution is -2.44. The van der Waals surface area contributed by atoms with E-state index in [4.69, 9.17) is 16.3 Å². The molecule has 3 amide bonds. The first kappa shape index (κ1) is 27.3. The van der Waals surface area contributed by atoms with Crippen LogP contribution in [0.3, 0.4) is 0 Å². The Morgan fingerprint density at radius 2 is 1.50 bits per heavy atom. The van der Waals surface area contributed by atoms with Crippen LogP contribution >= 0.6 is 11.6 Å². The number of nitrogens with one attached hydrogen (secondary N) is 2. The predicted octanol–water partition coefficient (Wildman–Crippen LogP) is 5.47. The van der Waals surface area contributed by atoms with Gasteiger partial charge >= 0.3 is 6.03 Å². The standard InChI is InChI=1S/C29H31ClN4O4/c1-20-19-23(28(36)31-25-8-3-22(4-9-25)21(2)35)5-12-27(20)34(14-13-33-15-17-38-18-16-33)29(37)32-26-10-6-24(30)7-11-26/h3-12,19H,13-18H2,1-2H3,(H,31,36)(H,32,37). The maximum absolute atomic E-state index is 13.4. The van der Waals surface area contributed by atoms with Gasteiger partial charge in [-0.15, -0.1) is 0 Å². The number of halogens is 1. The Labute approximate surface area is 227 Å². The molecule has 8 nitrogen and oxygen atoms in total. The molecular weight excluding hydrogens is 504 g/mol. The zero-order chi connectivity index (χ0) is 27.1. The van der Waals surface area contributed by atoms with E-state index in [2.05, 4.69) is 15.5 Å². The summed E-state index contributed by atoms with van der Waals surface area (Å²) in [7, 11) is 0. The van der Waals surface area contributed by atoms with Crippen molar-refractivity contribution >= 4 is 46.4 Å². The SMILES string of the molecule is CC(=O)c1ccc(NC(=O)c2ccc(N(CCN3CCOCC3)C(=O)Nc3ccc(Cl)cc3)c(C)c2)cc1. The highest BCUT2D eigenvalue weighted by Gasteiger charge is 2.21. The van der Waals surface area contributed by atoms with Crippen LogP contribution in [-0.2, 0) is 4.74 Å². The highest BCUT2D eigenvalue weighted by molar-refractivity contribution is 6.30. The lowest BCUT2D eigenvalue weighted by Gasteiger charge is -2.31. The van der Waals surface area contributed by atoms with Crippen LogP contribution in [0.1, 0.15) is 33.2 Å². The molecule has 0 bridgehead atoms. The smallest absolute Gasteiger partial charge is 0.326 e. The third kappa shape index (κ3) is 7.19. The second kappa shape index (κ2) is 12.7. The number of Topliss-reactive ketones (excluding diaryl/α,β-unsaturated/α-hetero) is 1. The largest absolute Gasteiger partial charge is 0.379 e. The minimum Gasteiger partial charge on any atom is -0.379 e. The first-order valence-electron chi connectivity index (χ1n) is 12.5. The third-order valence-electron chi connectivity index (χ3n) is 6.38. The number of morpholine rings is 1. The van der Waals surface area contributed by atoms with E-state index in [0.29, 0.717) is 59.5 Å². The Balaban J connectivity index is 1.51. The van der Waals surface area contributed by atoms with Gasteiger partial charge in [-0.3, -0.25) is 19.4 Å². The van der Waals surface area contributed by atoms with E-state index < -0.39 is 0 Å². The molecule has 9 heteroatoms. The summed E-state index contributed by atoms with van der Waals surface area (Å²) in [5.74, 6) is -0.312. The van der Waals surface area contributed by atoms with Crippen molar-refractivity contribution in [3.63, 3.8) is 0 Å². The lowest BCUT2D eigenvalue weighted by molar-refractivity contribution is 0.0393. The number of rotatable bonds is 8. The summed E-state index contributed by atoms with van der Waals surface area (Å²) in [4.78, 5) is 41.7. The Morgan fingerprint density at radius 3 is 2.13 bits per heavy atom. The van der Waals surface area contributed by atoms with Crippen LogP contribution in [0.25, 0.3) is 0 Å². The number of carbonyl (C=O) groups excluding carboxylic acids is 3. The molecule has 4 rings (SSSR count). The van der Waals surface area contributed by atoms with Crippen LogP contribution in [0.4, 0.5) is 21.9 Å². The van der Waals surface area contributed by atoms with E-state index in [1.54, 1.807) is 71.6 Å². The molecule has 0 spiro atoms. The molecule has 0 atom stereocenters. The monoisotopic (exact) mass is 534 g/mol. The fourth-order valence-corrected chi connectivity index (χ4v) is 4.34. The molecule has 198 valence electrons. The van der Waals surface area contributed by atoms with Gasteiger partial charge in [0.05, 0.1) is 13.2 Å². The van der Waals surface area contributed by atoms with Gasteiger partial charge in [-0.1, -0.05) is 11.6 Å². The summed E-state index contributed by atoms with van der Waals surface area (Å²) in [6, 6.07) is 18.7. The highest BCUT2D eigenvalue weighted by Crippen LogP contribution is 2.24. The van der Waals surface area contributed by atoms with Crippen molar-refractivity contribution in [2.75, 3.05) is 54.9 Å².